The van der Waals surface area contributed by atoms with Crippen LogP contribution < -0.4 is 0 Å². The number of rotatable bonds is 2. The predicted molar refractivity (Wildman–Crippen MR) is 81.6 cm³/mol. The molecule has 1 heterocycles. The maximum Gasteiger partial charge on any atom is 0.227 e. The quantitative estimate of drug-likeness (QED) is 0.778. The van der Waals surface area contributed by atoms with Crippen molar-refractivity contribution < 1.29 is 4.79 Å². The molecular weight excluding hydrogens is 302 g/mol. The molecule has 2 aromatic rings. The van der Waals surface area contributed by atoms with Crippen LogP contribution in [0.1, 0.15) is 12.0 Å². The fourth-order valence-corrected chi connectivity index (χ4v) is 3.13. The highest BCUT2D eigenvalue weighted by molar-refractivity contribution is 9.09. The molecule has 1 saturated heterocycles. The number of nitrogens with zero attached hydrogens (tertiary/aromatic N) is 1. The SMILES string of the molecule is O=C(Cc1ccc2ccccc2c1)N1CCC(Br)C1. The van der Waals surface area contributed by atoms with Gasteiger partial charge in [0.15, 0.2) is 0 Å². The summed E-state index contributed by atoms with van der Waals surface area (Å²) in [6.45, 7) is 1.72. The van der Waals surface area contributed by atoms with E-state index in [-0.39, 0.29) is 5.91 Å². The van der Waals surface area contributed by atoms with E-state index in [9.17, 15) is 4.79 Å². The van der Waals surface area contributed by atoms with E-state index in [4.69, 9.17) is 0 Å². The first-order chi connectivity index (χ1) is 9.22. The van der Waals surface area contributed by atoms with Crippen LogP contribution >= 0.6 is 15.9 Å². The minimum Gasteiger partial charge on any atom is -0.341 e. The zero-order valence-corrected chi connectivity index (χ0v) is 12.3. The first-order valence-corrected chi connectivity index (χ1v) is 7.53. The molecular formula is C16H16BrNO. The summed E-state index contributed by atoms with van der Waals surface area (Å²) < 4.78 is 0. The van der Waals surface area contributed by atoms with Gasteiger partial charge in [0, 0.05) is 17.9 Å². The maximum absolute atomic E-state index is 12.2. The Morgan fingerprint density at radius 1 is 1.21 bits per heavy atom. The van der Waals surface area contributed by atoms with Crippen molar-refractivity contribution in [3.8, 4) is 0 Å². The molecule has 2 aromatic carbocycles. The fourth-order valence-electron chi connectivity index (χ4n) is 2.58. The second-order valence-electron chi connectivity index (χ2n) is 5.08. The topological polar surface area (TPSA) is 20.3 Å². The second-order valence-corrected chi connectivity index (χ2v) is 6.38. The maximum atomic E-state index is 12.2. The van der Waals surface area contributed by atoms with Crippen molar-refractivity contribution in [1.82, 2.24) is 4.90 Å². The number of likely N-dealkylation sites (tertiary alicyclic amines) is 1. The largest absolute Gasteiger partial charge is 0.341 e. The molecule has 19 heavy (non-hydrogen) atoms. The zero-order chi connectivity index (χ0) is 13.2. The summed E-state index contributed by atoms with van der Waals surface area (Å²) in [6.07, 6.45) is 1.56. The van der Waals surface area contributed by atoms with Crippen molar-refractivity contribution in [2.45, 2.75) is 17.7 Å². The molecule has 1 unspecified atom stereocenters. The van der Waals surface area contributed by atoms with Crippen LogP contribution in [0.4, 0.5) is 0 Å². The predicted octanol–water partition coefficient (Wildman–Crippen LogP) is 3.38. The third kappa shape index (κ3) is 2.81. The van der Waals surface area contributed by atoms with E-state index in [1.807, 2.05) is 17.0 Å². The van der Waals surface area contributed by atoms with Gasteiger partial charge in [-0.15, -0.1) is 0 Å². The Balaban J connectivity index is 1.76. The summed E-state index contributed by atoms with van der Waals surface area (Å²) in [6, 6.07) is 14.5. The molecule has 0 spiro atoms. The van der Waals surface area contributed by atoms with Gasteiger partial charge in [-0.2, -0.15) is 0 Å². The first-order valence-electron chi connectivity index (χ1n) is 6.62. The minimum atomic E-state index is 0.234. The van der Waals surface area contributed by atoms with Crippen molar-refractivity contribution in [1.29, 1.82) is 0 Å². The number of carbonyl (C=O) groups excluding carboxylic acids is 1. The lowest BCUT2D eigenvalue weighted by Crippen LogP contribution is -2.30. The molecule has 98 valence electrons. The number of hydrogen-bond acceptors (Lipinski definition) is 1. The molecule has 3 rings (SSSR count). The Kier molecular flexibility index (Phi) is 3.56. The molecule has 1 fully saturated rings. The highest BCUT2D eigenvalue weighted by Crippen LogP contribution is 2.19. The molecule has 1 amide bonds. The summed E-state index contributed by atoms with van der Waals surface area (Å²) in [5, 5.41) is 2.42. The van der Waals surface area contributed by atoms with Crippen LogP contribution in [0.25, 0.3) is 10.8 Å². The van der Waals surface area contributed by atoms with Crippen molar-refractivity contribution in [2.75, 3.05) is 13.1 Å². The van der Waals surface area contributed by atoms with E-state index < -0.39 is 0 Å². The standard InChI is InChI=1S/C16H16BrNO/c17-15-7-8-18(11-15)16(19)10-12-5-6-13-3-1-2-4-14(13)9-12/h1-6,9,15H,7-8,10-11H2. The Morgan fingerprint density at radius 3 is 2.74 bits per heavy atom. The smallest absolute Gasteiger partial charge is 0.227 e. The minimum absolute atomic E-state index is 0.234. The van der Waals surface area contributed by atoms with E-state index in [0.717, 1.165) is 25.1 Å². The lowest BCUT2D eigenvalue weighted by molar-refractivity contribution is -0.129. The number of hydrogen-bond donors (Lipinski definition) is 0. The molecule has 1 atom stereocenters. The van der Waals surface area contributed by atoms with E-state index >= 15 is 0 Å². The molecule has 0 aliphatic carbocycles. The summed E-state index contributed by atoms with van der Waals surface area (Å²) in [4.78, 5) is 14.6. The molecule has 0 saturated carbocycles. The highest BCUT2D eigenvalue weighted by Gasteiger charge is 2.24. The zero-order valence-electron chi connectivity index (χ0n) is 10.7. The van der Waals surface area contributed by atoms with Gasteiger partial charge in [0.05, 0.1) is 6.42 Å². The van der Waals surface area contributed by atoms with E-state index in [0.29, 0.717) is 11.2 Å². The monoisotopic (exact) mass is 317 g/mol. The van der Waals surface area contributed by atoms with Gasteiger partial charge in [0.2, 0.25) is 5.91 Å². The highest BCUT2D eigenvalue weighted by atomic mass is 79.9. The van der Waals surface area contributed by atoms with Gasteiger partial charge < -0.3 is 4.90 Å². The summed E-state index contributed by atoms with van der Waals surface area (Å²) in [5.41, 5.74) is 1.10. The number of fused-ring (bicyclic) bond motifs is 1. The first kappa shape index (κ1) is 12.7. The summed E-state index contributed by atoms with van der Waals surface area (Å²) in [5.74, 6) is 0.234. The summed E-state index contributed by atoms with van der Waals surface area (Å²) in [7, 11) is 0. The van der Waals surface area contributed by atoms with Crippen LogP contribution in [0, 0.1) is 0 Å². The second kappa shape index (κ2) is 5.33. The van der Waals surface area contributed by atoms with Crippen LogP contribution in [0.15, 0.2) is 42.5 Å². The van der Waals surface area contributed by atoms with Crippen LogP contribution in [0.5, 0.6) is 0 Å². The van der Waals surface area contributed by atoms with E-state index in [1.165, 1.54) is 10.8 Å². The third-order valence-electron chi connectivity index (χ3n) is 3.65. The van der Waals surface area contributed by atoms with Gasteiger partial charge >= 0.3 is 0 Å². The van der Waals surface area contributed by atoms with Gasteiger partial charge in [-0.25, -0.2) is 0 Å². The van der Waals surface area contributed by atoms with Crippen LogP contribution in [-0.4, -0.2) is 28.7 Å². The van der Waals surface area contributed by atoms with Gasteiger partial charge in [-0.1, -0.05) is 58.4 Å². The molecule has 0 aromatic heterocycles. The molecule has 1 aliphatic heterocycles. The average Bonchev–Trinajstić information content (AvgIpc) is 2.85. The lowest BCUT2D eigenvalue weighted by atomic mass is 10.0. The summed E-state index contributed by atoms with van der Waals surface area (Å²) >= 11 is 3.57. The van der Waals surface area contributed by atoms with Gasteiger partial charge in [-0.3, -0.25) is 4.79 Å². The number of alkyl halides is 1. The molecule has 0 N–H and O–H groups in total. The molecule has 0 bridgehead atoms. The third-order valence-corrected chi connectivity index (χ3v) is 4.40. The fraction of sp³-hybridized carbons (Fsp3) is 0.312. The Hall–Kier alpha value is -1.35. The van der Waals surface area contributed by atoms with Crippen LogP contribution in [0.3, 0.4) is 0 Å². The Morgan fingerprint density at radius 2 is 2.00 bits per heavy atom. The number of carbonyl (C=O) groups is 1. The number of halogens is 1. The van der Waals surface area contributed by atoms with Crippen molar-refractivity contribution in [3.05, 3.63) is 48.0 Å². The molecule has 2 nitrogen and oxygen atoms in total. The van der Waals surface area contributed by atoms with Crippen molar-refractivity contribution in [3.63, 3.8) is 0 Å². The molecule has 0 radical (unpaired) electrons. The van der Waals surface area contributed by atoms with Crippen LogP contribution in [0.2, 0.25) is 0 Å². The number of amides is 1. The van der Waals surface area contributed by atoms with Crippen molar-refractivity contribution in [2.24, 2.45) is 0 Å². The molecule has 1 aliphatic rings. The Bertz CT molecular complexity index is 610. The Labute approximate surface area is 121 Å². The van der Waals surface area contributed by atoms with Gasteiger partial charge in [0.1, 0.15) is 0 Å². The lowest BCUT2D eigenvalue weighted by Gasteiger charge is -2.15. The number of benzene rings is 2. The van der Waals surface area contributed by atoms with Crippen molar-refractivity contribution >= 4 is 32.6 Å². The van der Waals surface area contributed by atoms with Crippen LogP contribution in [-0.2, 0) is 11.2 Å². The van der Waals surface area contributed by atoms with E-state index in [1.54, 1.807) is 0 Å². The molecule has 3 heteroatoms. The normalized spacial score (nSPS) is 19.0. The average molecular weight is 318 g/mol. The van der Waals surface area contributed by atoms with Gasteiger partial charge in [-0.05, 0) is 22.8 Å². The van der Waals surface area contributed by atoms with Gasteiger partial charge in [0.25, 0.3) is 0 Å². The van der Waals surface area contributed by atoms with E-state index in [2.05, 4.69) is 46.3 Å².